The summed E-state index contributed by atoms with van der Waals surface area (Å²) in [5, 5.41) is 12.2. The lowest BCUT2D eigenvalue weighted by atomic mass is 10.2. The van der Waals surface area contributed by atoms with Crippen molar-refractivity contribution in [2.75, 3.05) is 19.8 Å². The van der Waals surface area contributed by atoms with Gasteiger partial charge in [-0.2, -0.15) is 0 Å². The predicted octanol–water partition coefficient (Wildman–Crippen LogP) is 1.94. The van der Waals surface area contributed by atoms with Gasteiger partial charge in [0.1, 0.15) is 5.75 Å². The fraction of sp³-hybridized carbons (Fsp3) is 0.462. The molecule has 0 unspecified atom stereocenters. The van der Waals surface area contributed by atoms with Crippen molar-refractivity contribution in [3.8, 4) is 5.75 Å². The summed E-state index contributed by atoms with van der Waals surface area (Å²) < 4.78 is 5.29. The van der Waals surface area contributed by atoms with E-state index in [1.165, 1.54) is 6.07 Å². The van der Waals surface area contributed by atoms with Crippen molar-refractivity contribution < 1.29 is 14.6 Å². The maximum atomic E-state index is 11.6. The van der Waals surface area contributed by atoms with E-state index in [1.807, 2.05) is 0 Å². The van der Waals surface area contributed by atoms with Gasteiger partial charge in [0, 0.05) is 19.8 Å². The molecule has 2 N–H and O–H groups in total. The molecular weight excluding hydrogens is 218 g/mol. The third-order valence-electron chi connectivity index (χ3n) is 2.25. The number of carbonyl (C=O) groups excluding carboxylic acids is 1. The fourth-order valence-corrected chi connectivity index (χ4v) is 1.38. The van der Waals surface area contributed by atoms with Gasteiger partial charge in [0.2, 0.25) is 0 Å². The number of hydrogen-bond acceptors (Lipinski definition) is 3. The minimum Gasteiger partial charge on any atom is -0.507 e. The molecule has 94 valence electrons. The Morgan fingerprint density at radius 2 is 2.12 bits per heavy atom. The van der Waals surface area contributed by atoms with Gasteiger partial charge in [0.05, 0.1) is 5.56 Å². The van der Waals surface area contributed by atoms with Crippen molar-refractivity contribution in [1.29, 1.82) is 0 Å². The maximum absolute atomic E-state index is 11.6. The summed E-state index contributed by atoms with van der Waals surface area (Å²) in [6, 6.07) is 6.50. The van der Waals surface area contributed by atoms with Crippen LogP contribution in [-0.4, -0.2) is 30.8 Å². The van der Waals surface area contributed by atoms with Crippen LogP contribution in [0.1, 0.15) is 30.1 Å². The van der Waals surface area contributed by atoms with Crippen molar-refractivity contribution in [2.45, 2.75) is 19.8 Å². The highest BCUT2D eigenvalue weighted by atomic mass is 16.5. The molecule has 0 spiro atoms. The normalized spacial score (nSPS) is 10.2. The molecule has 0 fully saturated rings. The lowest BCUT2D eigenvalue weighted by molar-refractivity contribution is 0.0939. The van der Waals surface area contributed by atoms with E-state index in [0.717, 1.165) is 19.4 Å². The number of hydrogen-bond donors (Lipinski definition) is 2. The van der Waals surface area contributed by atoms with Crippen LogP contribution in [0.3, 0.4) is 0 Å². The first-order valence-electron chi connectivity index (χ1n) is 5.89. The second-order valence-electron chi connectivity index (χ2n) is 3.74. The molecule has 0 heterocycles. The number of benzene rings is 1. The van der Waals surface area contributed by atoms with Gasteiger partial charge in [0.25, 0.3) is 5.91 Å². The van der Waals surface area contributed by atoms with Crippen LogP contribution in [0.2, 0.25) is 0 Å². The Morgan fingerprint density at radius 1 is 1.35 bits per heavy atom. The Labute approximate surface area is 102 Å². The molecule has 17 heavy (non-hydrogen) atoms. The summed E-state index contributed by atoms with van der Waals surface area (Å²) in [7, 11) is 0. The van der Waals surface area contributed by atoms with Crippen LogP contribution < -0.4 is 5.32 Å². The molecule has 0 bridgehead atoms. The van der Waals surface area contributed by atoms with Crippen molar-refractivity contribution in [2.24, 2.45) is 0 Å². The molecular formula is C13H19NO3. The van der Waals surface area contributed by atoms with Gasteiger partial charge in [-0.25, -0.2) is 0 Å². The number of rotatable bonds is 7. The highest BCUT2D eigenvalue weighted by Gasteiger charge is 2.08. The quantitative estimate of drug-likeness (QED) is 0.712. The zero-order valence-corrected chi connectivity index (χ0v) is 10.1. The van der Waals surface area contributed by atoms with Crippen LogP contribution in [0.4, 0.5) is 0 Å². The summed E-state index contributed by atoms with van der Waals surface area (Å²) in [6.07, 6.45) is 1.78. The first-order chi connectivity index (χ1) is 8.25. The second-order valence-corrected chi connectivity index (χ2v) is 3.74. The Hall–Kier alpha value is -1.55. The standard InChI is InChI=1S/C13H19NO3/c1-2-9-17-10-5-8-14-13(16)11-6-3-4-7-12(11)15/h3-4,6-7,15H,2,5,8-10H2,1H3,(H,14,16). The zero-order valence-electron chi connectivity index (χ0n) is 10.1. The number of amides is 1. The monoisotopic (exact) mass is 237 g/mol. The number of carbonyl (C=O) groups is 1. The third kappa shape index (κ3) is 4.87. The largest absolute Gasteiger partial charge is 0.507 e. The highest BCUT2D eigenvalue weighted by molar-refractivity contribution is 5.96. The molecule has 0 aliphatic carbocycles. The summed E-state index contributed by atoms with van der Waals surface area (Å²) in [5.74, 6) is -0.245. The number of phenolic OH excluding ortho intramolecular Hbond substituents is 1. The van der Waals surface area contributed by atoms with Crippen LogP contribution in [0.25, 0.3) is 0 Å². The van der Waals surface area contributed by atoms with E-state index in [4.69, 9.17) is 4.74 Å². The molecule has 4 heteroatoms. The molecule has 0 aliphatic rings. The second kappa shape index (κ2) is 7.68. The average Bonchev–Trinajstić information content (AvgIpc) is 2.34. The zero-order chi connectivity index (χ0) is 12.5. The van der Waals surface area contributed by atoms with Gasteiger partial charge >= 0.3 is 0 Å². The molecule has 0 radical (unpaired) electrons. The predicted molar refractivity (Wildman–Crippen MR) is 66.2 cm³/mol. The number of nitrogens with one attached hydrogen (secondary N) is 1. The molecule has 0 aromatic heterocycles. The van der Waals surface area contributed by atoms with Crippen LogP contribution in [0.15, 0.2) is 24.3 Å². The minimum atomic E-state index is -0.251. The van der Waals surface area contributed by atoms with Crippen LogP contribution in [-0.2, 0) is 4.74 Å². The van der Waals surface area contributed by atoms with Crippen molar-refractivity contribution in [3.05, 3.63) is 29.8 Å². The van der Waals surface area contributed by atoms with E-state index in [2.05, 4.69) is 12.2 Å². The summed E-state index contributed by atoms with van der Waals surface area (Å²) in [5.41, 5.74) is 0.307. The van der Waals surface area contributed by atoms with Crippen LogP contribution in [0, 0.1) is 0 Å². The fourth-order valence-electron chi connectivity index (χ4n) is 1.38. The SMILES string of the molecule is CCCOCCCNC(=O)c1ccccc1O. The molecule has 0 saturated carbocycles. The summed E-state index contributed by atoms with van der Waals surface area (Å²) in [4.78, 5) is 11.6. The average molecular weight is 237 g/mol. The Bertz CT molecular complexity index is 352. The Morgan fingerprint density at radius 3 is 2.82 bits per heavy atom. The third-order valence-corrected chi connectivity index (χ3v) is 2.25. The van der Waals surface area contributed by atoms with Crippen molar-refractivity contribution >= 4 is 5.91 Å². The maximum Gasteiger partial charge on any atom is 0.255 e. The van der Waals surface area contributed by atoms with Crippen LogP contribution >= 0.6 is 0 Å². The molecule has 1 amide bonds. The summed E-state index contributed by atoms with van der Waals surface area (Å²) in [6.45, 7) is 4.01. The molecule has 1 rings (SSSR count). The van der Waals surface area contributed by atoms with E-state index < -0.39 is 0 Å². The van der Waals surface area contributed by atoms with Gasteiger partial charge in [-0.3, -0.25) is 4.79 Å². The first-order valence-corrected chi connectivity index (χ1v) is 5.89. The number of phenols is 1. The highest BCUT2D eigenvalue weighted by Crippen LogP contribution is 2.14. The molecule has 0 aliphatic heterocycles. The first kappa shape index (κ1) is 13.5. The molecule has 1 aromatic carbocycles. The molecule has 1 aromatic rings. The molecule has 4 nitrogen and oxygen atoms in total. The van der Waals surface area contributed by atoms with Gasteiger partial charge in [-0.15, -0.1) is 0 Å². The smallest absolute Gasteiger partial charge is 0.255 e. The Balaban J connectivity index is 2.24. The summed E-state index contributed by atoms with van der Waals surface area (Å²) >= 11 is 0. The van der Waals surface area contributed by atoms with Gasteiger partial charge in [0.15, 0.2) is 0 Å². The van der Waals surface area contributed by atoms with E-state index in [9.17, 15) is 9.90 Å². The lowest BCUT2D eigenvalue weighted by Gasteiger charge is -2.06. The molecule has 0 saturated heterocycles. The van der Waals surface area contributed by atoms with Gasteiger partial charge < -0.3 is 15.2 Å². The minimum absolute atomic E-state index is 0.00670. The number of ether oxygens (including phenoxy) is 1. The van der Waals surface area contributed by atoms with E-state index in [0.29, 0.717) is 18.7 Å². The van der Waals surface area contributed by atoms with Gasteiger partial charge in [-0.05, 0) is 25.0 Å². The van der Waals surface area contributed by atoms with Crippen LogP contribution in [0.5, 0.6) is 5.75 Å². The molecule has 0 atom stereocenters. The number of aromatic hydroxyl groups is 1. The number of para-hydroxylation sites is 1. The van der Waals surface area contributed by atoms with Gasteiger partial charge in [-0.1, -0.05) is 19.1 Å². The van der Waals surface area contributed by atoms with E-state index in [1.54, 1.807) is 18.2 Å². The topological polar surface area (TPSA) is 58.6 Å². The lowest BCUT2D eigenvalue weighted by Crippen LogP contribution is -2.25. The van der Waals surface area contributed by atoms with E-state index >= 15 is 0 Å². The van der Waals surface area contributed by atoms with Crippen molar-refractivity contribution in [3.63, 3.8) is 0 Å². The van der Waals surface area contributed by atoms with E-state index in [-0.39, 0.29) is 11.7 Å². The van der Waals surface area contributed by atoms with Crippen molar-refractivity contribution in [1.82, 2.24) is 5.32 Å². The Kier molecular flexibility index (Phi) is 6.10.